The fourth-order valence-corrected chi connectivity index (χ4v) is 5.67. The number of hydrogen-bond donors (Lipinski definition) is 1. The highest BCUT2D eigenvalue weighted by Crippen LogP contribution is 2.47. The Hall–Kier alpha value is -0.740. The van der Waals surface area contributed by atoms with Crippen molar-refractivity contribution in [3.05, 3.63) is 35.1 Å². The van der Waals surface area contributed by atoms with E-state index in [9.17, 15) is 13.7 Å². The van der Waals surface area contributed by atoms with Crippen molar-refractivity contribution < 1.29 is 13.7 Å². The van der Waals surface area contributed by atoms with Crippen molar-refractivity contribution in [2.24, 2.45) is 0 Å². The lowest BCUT2D eigenvalue weighted by atomic mass is 9.83. The van der Waals surface area contributed by atoms with Gasteiger partial charge in [0, 0.05) is 26.9 Å². The molecule has 0 aliphatic carbocycles. The van der Waals surface area contributed by atoms with Crippen LogP contribution in [-0.4, -0.2) is 19.8 Å². The van der Waals surface area contributed by atoms with Crippen LogP contribution in [0.2, 0.25) is 0 Å². The first-order valence-corrected chi connectivity index (χ1v) is 7.66. The van der Waals surface area contributed by atoms with Crippen molar-refractivity contribution in [2.45, 2.75) is 48.7 Å². The summed E-state index contributed by atoms with van der Waals surface area (Å²) in [4.78, 5) is 0. The predicted octanol–water partition coefficient (Wildman–Crippen LogP) is 2.40. The SMILES string of the molecule is Cc1cccc(F)c1C1(O)CC2CCC(C1)S2=O. The molecule has 0 saturated carbocycles. The van der Waals surface area contributed by atoms with E-state index < -0.39 is 16.4 Å². The van der Waals surface area contributed by atoms with Crippen LogP contribution in [0.15, 0.2) is 18.2 Å². The summed E-state index contributed by atoms with van der Waals surface area (Å²) in [6, 6.07) is 4.88. The number of benzene rings is 1. The molecule has 2 aliphatic heterocycles. The summed E-state index contributed by atoms with van der Waals surface area (Å²) in [6.45, 7) is 1.82. The zero-order chi connectivity index (χ0) is 12.9. The fraction of sp³-hybridized carbons (Fsp3) is 0.571. The Morgan fingerprint density at radius 1 is 1.33 bits per heavy atom. The molecule has 1 aromatic carbocycles. The van der Waals surface area contributed by atoms with E-state index in [-0.39, 0.29) is 16.3 Å². The van der Waals surface area contributed by atoms with Gasteiger partial charge < -0.3 is 5.11 Å². The van der Waals surface area contributed by atoms with Gasteiger partial charge in [-0.2, -0.15) is 0 Å². The molecule has 2 atom stereocenters. The summed E-state index contributed by atoms with van der Waals surface area (Å²) in [5, 5.41) is 10.9. The van der Waals surface area contributed by atoms with Crippen LogP contribution in [-0.2, 0) is 16.4 Å². The van der Waals surface area contributed by atoms with E-state index in [4.69, 9.17) is 0 Å². The van der Waals surface area contributed by atoms with E-state index >= 15 is 0 Å². The maximum atomic E-state index is 14.0. The number of aliphatic hydroxyl groups is 1. The standard InChI is InChI=1S/C14H17FO2S/c1-9-3-2-4-12(15)13(9)14(16)7-10-5-6-11(8-14)18(10)17/h2-4,10-11,16H,5-8H2,1H3. The first-order valence-electron chi connectivity index (χ1n) is 6.38. The van der Waals surface area contributed by atoms with E-state index in [0.717, 1.165) is 18.4 Å². The van der Waals surface area contributed by atoms with Gasteiger partial charge in [0.05, 0.1) is 5.60 Å². The molecule has 2 bridgehead atoms. The van der Waals surface area contributed by atoms with Gasteiger partial charge in [0.2, 0.25) is 0 Å². The van der Waals surface area contributed by atoms with Gasteiger partial charge >= 0.3 is 0 Å². The van der Waals surface area contributed by atoms with Gasteiger partial charge in [0.15, 0.2) is 0 Å². The zero-order valence-electron chi connectivity index (χ0n) is 10.4. The Balaban J connectivity index is 2.04. The maximum Gasteiger partial charge on any atom is 0.129 e. The molecule has 1 aromatic rings. The largest absolute Gasteiger partial charge is 0.385 e. The van der Waals surface area contributed by atoms with Gasteiger partial charge in [-0.3, -0.25) is 4.21 Å². The lowest BCUT2D eigenvalue weighted by Crippen LogP contribution is -2.41. The number of hydrogen-bond acceptors (Lipinski definition) is 2. The van der Waals surface area contributed by atoms with Crippen molar-refractivity contribution in [1.29, 1.82) is 0 Å². The predicted molar refractivity (Wildman–Crippen MR) is 69.2 cm³/mol. The third-order valence-corrected chi connectivity index (χ3v) is 6.40. The number of aryl methyl sites for hydroxylation is 1. The van der Waals surface area contributed by atoms with Crippen LogP contribution in [0.1, 0.15) is 36.8 Å². The van der Waals surface area contributed by atoms with Crippen molar-refractivity contribution in [1.82, 2.24) is 0 Å². The molecule has 0 spiro atoms. The van der Waals surface area contributed by atoms with Crippen molar-refractivity contribution in [2.75, 3.05) is 0 Å². The second-order valence-corrected chi connectivity index (χ2v) is 7.51. The molecule has 0 aromatic heterocycles. The number of halogens is 1. The topological polar surface area (TPSA) is 37.3 Å². The monoisotopic (exact) mass is 268 g/mol. The molecule has 0 radical (unpaired) electrons. The van der Waals surface area contributed by atoms with Gasteiger partial charge in [-0.05, 0) is 44.2 Å². The molecule has 2 fully saturated rings. The second-order valence-electron chi connectivity index (χ2n) is 5.52. The Morgan fingerprint density at radius 2 is 1.94 bits per heavy atom. The minimum Gasteiger partial charge on any atom is -0.385 e. The average Bonchev–Trinajstić information content (AvgIpc) is 2.54. The van der Waals surface area contributed by atoms with E-state index in [1.54, 1.807) is 6.07 Å². The lowest BCUT2D eigenvalue weighted by Gasteiger charge is -2.37. The third-order valence-electron chi connectivity index (χ3n) is 4.29. The minimum absolute atomic E-state index is 0.0350. The van der Waals surface area contributed by atoms with Crippen molar-refractivity contribution >= 4 is 10.8 Å². The fourth-order valence-electron chi connectivity index (χ4n) is 3.51. The van der Waals surface area contributed by atoms with Crippen LogP contribution >= 0.6 is 0 Å². The summed E-state index contributed by atoms with van der Waals surface area (Å²) in [5.74, 6) is -0.343. The Bertz CT molecular complexity index is 478. The van der Waals surface area contributed by atoms with Crippen LogP contribution in [0.25, 0.3) is 0 Å². The normalized spacial score (nSPS) is 38.9. The molecule has 0 amide bonds. The molecule has 2 aliphatic rings. The van der Waals surface area contributed by atoms with Gasteiger partial charge in [-0.25, -0.2) is 4.39 Å². The van der Waals surface area contributed by atoms with Gasteiger partial charge in [0.1, 0.15) is 5.82 Å². The van der Waals surface area contributed by atoms with Crippen LogP contribution in [0.3, 0.4) is 0 Å². The minimum atomic E-state index is -1.13. The van der Waals surface area contributed by atoms with Crippen molar-refractivity contribution in [3.8, 4) is 0 Å². The van der Waals surface area contributed by atoms with Crippen molar-refractivity contribution in [3.63, 3.8) is 0 Å². The summed E-state index contributed by atoms with van der Waals surface area (Å²) >= 11 is 0. The summed E-state index contributed by atoms with van der Waals surface area (Å²) < 4.78 is 26.0. The van der Waals surface area contributed by atoms with E-state index in [0.29, 0.717) is 18.4 Å². The molecular weight excluding hydrogens is 251 g/mol. The Labute approximate surface area is 109 Å². The second kappa shape index (κ2) is 4.14. The smallest absolute Gasteiger partial charge is 0.129 e. The average molecular weight is 268 g/mol. The molecule has 3 rings (SSSR count). The summed E-state index contributed by atoms with van der Waals surface area (Å²) in [7, 11) is -0.835. The first kappa shape index (κ1) is 12.3. The molecule has 1 N–H and O–H groups in total. The molecule has 98 valence electrons. The van der Waals surface area contributed by atoms with E-state index in [1.807, 2.05) is 13.0 Å². The third kappa shape index (κ3) is 1.74. The zero-order valence-corrected chi connectivity index (χ0v) is 11.2. The molecule has 4 heteroatoms. The lowest BCUT2D eigenvalue weighted by molar-refractivity contribution is 0.0145. The number of fused-ring (bicyclic) bond motifs is 2. The highest BCUT2D eigenvalue weighted by atomic mass is 32.2. The highest BCUT2D eigenvalue weighted by Gasteiger charge is 2.49. The van der Waals surface area contributed by atoms with Crippen LogP contribution in [0.5, 0.6) is 0 Å². The number of rotatable bonds is 1. The van der Waals surface area contributed by atoms with E-state index in [1.165, 1.54) is 6.07 Å². The molecule has 2 nitrogen and oxygen atoms in total. The van der Waals surface area contributed by atoms with Gasteiger partial charge in [-0.1, -0.05) is 12.1 Å². The van der Waals surface area contributed by atoms with Crippen LogP contribution in [0.4, 0.5) is 4.39 Å². The van der Waals surface area contributed by atoms with Gasteiger partial charge in [-0.15, -0.1) is 0 Å². The maximum absolute atomic E-state index is 14.0. The molecule has 2 unspecified atom stereocenters. The highest BCUT2D eigenvalue weighted by molar-refractivity contribution is 7.86. The van der Waals surface area contributed by atoms with E-state index in [2.05, 4.69) is 0 Å². The molecule has 2 saturated heterocycles. The first-order chi connectivity index (χ1) is 8.51. The van der Waals surface area contributed by atoms with Gasteiger partial charge in [0.25, 0.3) is 0 Å². The quantitative estimate of drug-likeness (QED) is 0.849. The van der Waals surface area contributed by atoms with Crippen LogP contribution < -0.4 is 0 Å². The van der Waals surface area contributed by atoms with Crippen LogP contribution in [0, 0.1) is 12.7 Å². The summed E-state index contributed by atoms with van der Waals surface area (Å²) in [6.07, 6.45) is 2.65. The molecule has 2 heterocycles. The molecular formula is C14H17FO2S. The summed E-state index contributed by atoms with van der Waals surface area (Å²) in [5.41, 5.74) is 0.0676. The Kier molecular flexibility index (Phi) is 2.83. The Morgan fingerprint density at radius 3 is 2.50 bits per heavy atom. The molecule has 18 heavy (non-hydrogen) atoms.